The van der Waals surface area contributed by atoms with Gasteiger partial charge in [-0.25, -0.2) is 4.98 Å². The van der Waals surface area contributed by atoms with E-state index in [0.717, 1.165) is 16.9 Å². The number of hydrogen-bond donors (Lipinski definition) is 0. The Bertz CT molecular complexity index is 901. The van der Waals surface area contributed by atoms with E-state index in [9.17, 15) is 10.1 Å². The van der Waals surface area contributed by atoms with E-state index in [1.165, 1.54) is 6.08 Å². The van der Waals surface area contributed by atoms with Crippen molar-refractivity contribution in [2.24, 2.45) is 5.41 Å². The van der Waals surface area contributed by atoms with Crippen molar-refractivity contribution in [3.63, 3.8) is 0 Å². The van der Waals surface area contributed by atoms with Crippen LogP contribution >= 0.6 is 11.3 Å². The third-order valence-electron chi connectivity index (χ3n) is 3.26. The van der Waals surface area contributed by atoms with Crippen molar-refractivity contribution in [3.8, 4) is 6.07 Å². The highest BCUT2D eigenvalue weighted by atomic mass is 32.1. The molecule has 0 aliphatic heterocycles. The normalized spacial score (nSPS) is 12.6. The van der Waals surface area contributed by atoms with Crippen molar-refractivity contribution in [1.29, 1.82) is 5.26 Å². The second-order valence-corrected chi connectivity index (χ2v) is 7.32. The van der Waals surface area contributed by atoms with Crippen LogP contribution < -0.4 is 4.87 Å². The van der Waals surface area contributed by atoms with E-state index in [1.807, 2.05) is 12.1 Å². The summed E-state index contributed by atoms with van der Waals surface area (Å²) in [6.45, 7) is 14.3. The van der Waals surface area contributed by atoms with Crippen molar-refractivity contribution >= 4 is 27.3 Å². The summed E-state index contributed by atoms with van der Waals surface area (Å²) in [4.78, 5) is 17.4. The summed E-state index contributed by atoms with van der Waals surface area (Å²) in [5.41, 5.74) is 2.47. The summed E-state index contributed by atoms with van der Waals surface area (Å²) in [5, 5.41) is 9.17. The second-order valence-electron chi connectivity index (χ2n) is 6.38. The maximum atomic E-state index is 12.3. The Morgan fingerprint density at radius 2 is 2.09 bits per heavy atom. The Balaban J connectivity index is 2.65. The largest absolute Gasteiger partial charge is 0.309 e. The molecule has 2 rings (SSSR count). The van der Waals surface area contributed by atoms with E-state index < -0.39 is 0 Å². The van der Waals surface area contributed by atoms with Crippen LogP contribution in [0.3, 0.4) is 0 Å². The van der Waals surface area contributed by atoms with Crippen LogP contribution in [0.25, 0.3) is 15.9 Å². The van der Waals surface area contributed by atoms with E-state index >= 15 is 0 Å². The maximum absolute atomic E-state index is 12.3. The van der Waals surface area contributed by atoms with Crippen LogP contribution in [0, 0.1) is 16.7 Å². The topological polar surface area (TPSA) is 58.7 Å². The Labute approximate surface area is 139 Å². The molecular formula is C18H19N3OS. The molecule has 0 aromatic carbocycles. The van der Waals surface area contributed by atoms with Gasteiger partial charge in [0.1, 0.15) is 4.83 Å². The van der Waals surface area contributed by atoms with E-state index in [2.05, 4.69) is 45.0 Å². The number of thiazole rings is 1. The fourth-order valence-electron chi connectivity index (χ4n) is 2.29. The van der Waals surface area contributed by atoms with Gasteiger partial charge < -0.3 is 0 Å². The summed E-state index contributed by atoms with van der Waals surface area (Å²) < 4.78 is 1.76. The minimum absolute atomic E-state index is 0.000497. The van der Waals surface area contributed by atoms with Crippen LogP contribution in [0.5, 0.6) is 0 Å². The predicted octanol–water partition coefficient (Wildman–Crippen LogP) is 4.15. The third kappa shape index (κ3) is 3.49. The average Bonchev–Trinajstić information content (AvgIpc) is 2.78. The zero-order chi connectivity index (χ0) is 17.2. The van der Waals surface area contributed by atoms with Gasteiger partial charge in [-0.2, -0.15) is 5.26 Å². The minimum Gasteiger partial charge on any atom is -0.297 e. The van der Waals surface area contributed by atoms with Crippen LogP contribution in [-0.4, -0.2) is 9.55 Å². The van der Waals surface area contributed by atoms with Crippen molar-refractivity contribution in [2.45, 2.75) is 27.3 Å². The van der Waals surface area contributed by atoms with E-state index in [-0.39, 0.29) is 10.3 Å². The Hall–Kier alpha value is -2.45. The molecule has 0 aliphatic carbocycles. The molecule has 118 valence electrons. The fourth-order valence-corrected chi connectivity index (χ4v) is 3.16. The lowest BCUT2D eigenvalue weighted by molar-refractivity contribution is 0.346. The molecule has 0 radical (unpaired) electrons. The van der Waals surface area contributed by atoms with Gasteiger partial charge in [0.25, 0.3) is 0 Å². The molecule has 0 atom stereocenters. The summed E-state index contributed by atoms with van der Waals surface area (Å²) in [6, 6.07) is 5.77. The number of nitrogens with zero attached hydrogens (tertiary/aromatic N) is 3. The predicted molar refractivity (Wildman–Crippen MR) is 96.3 cm³/mol. The SMILES string of the molecule is C=CC(C#N)=C(C=C)c1ccc2c(n1)sc(=O)n2CC(C)(C)C. The number of allylic oxidation sites excluding steroid dienone is 4. The number of pyridine rings is 1. The molecule has 23 heavy (non-hydrogen) atoms. The van der Waals surface area contributed by atoms with Crippen molar-refractivity contribution < 1.29 is 0 Å². The Kier molecular flexibility index (Phi) is 4.67. The van der Waals surface area contributed by atoms with Gasteiger partial charge in [-0.15, -0.1) is 0 Å². The lowest BCUT2D eigenvalue weighted by Gasteiger charge is -2.18. The van der Waals surface area contributed by atoms with Crippen LogP contribution in [0.1, 0.15) is 26.5 Å². The molecule has 0 saturated heterocycles. The molecular weight excluding hydrogens is 306 g/mol. The molecule has 0 fully saturated rings. The quantitative estimate of drug-likeness (QED) is 0.626. The van der Waals surface area contributed by atoms with Gasteiger partial charge in [-0.3, -0.25) is 9.36 Å². The van der Waals surface area contributed by atoms with E-state index in [1.54, 1.807) is 10.6 Å². The Morgan fingerprint density at radius 3 is 2.61 bits per heavy atom. The van der Waals surface area contributed by atoms with Gasteiger partial charge in [0, 0.05) is 12.1 Å². The standard InChI is InChI=1S/C18H19N3OS/c1-6-12(10-19)13(7-2)14-8-9-15-16(20-14)23-17(22)21(15)11-18(3,4)5/h6-9H,1-2,11H2,3-5H3. The zero-order valence-corrected chi connectivity index (χ0v) is 14.4. The molecule has 5 heteroatoms. The van der Waals surface area contributed by atoms with Crippen molar-refractivity contribution in [3.05, 3.63) is 58.4 Å². The average molecular weight is 325 g/mol. The third-order valence-corrected chi connectivity index (χ3v) is 4.15. The first-order chi connectivity index (χ1) is 10.8. The summed E-state index contributed by atoms with van der Waals surface area (Å²) in [6.07, 6.45) is 3.07. The number of fused-ring (bicyclic) bond motifs is 1. The van der Waals surface area contributed by atoms with Crippen LogP contribution in [0.15, 0.2) is 47.8 Å². The molecule has 0 aliphatic rings. The van der Waals surface area contributed by atoms with Gasteiger partial charge in [0.15, 0.2) is 0 Å². The zero-order valence-electron chi connectivity index (χ0n) is 13.6. The highest BCUT2D eigenvalue weighted by Crippen LogP contribution is 2.25. The number of aromatic nitrogens is 2. The van der Waals surface area contributed by atoms with Gasteiger partial charge in [0.05, 0.1) is 22.9 Å². The first-order valence-electron chi connectivity index (χ1n) is 7.20. The monoisotopic (exact) mass is 325 g/mol. The number of rotatable bonds is 4. The molecule has 2 aromatic heterocycles. The molecule has 4 nitrogen and oxygen atoms in total. The lowest BCUT2D eigenvalue weighted by Crippen LogP contribution is -2.22. The Morgan fingerprint density at radius 1 is 1.39 bits per heavy atom. The summed E-state index contributed by atoms with van der Waals surface area (Å²) >= 11 is 1.12. The summed E-state index contributed by atoms with van der Waals surface area (Å²) in [7, 11) is 0. The van der Waals surface area contributed by atoms with Crippen LogP contribution in [-0.2, 0) is 6.54 Å². The van der Waals surface area contributed by atoms with Gasteiger partial charge in [-0.1, -0.05) is 57.4 Å². The molecule has 0 bridgehead atoms. The van der Waals surface area contributed by atoms with E-state index in [4.69, 9.17) is 0 Å². The fraction of sp³-hybridized carbons (Fsp3) is 0.278. The summed E-state index contributed by atoms with van der Waals surface area (Å²) in [5.74, 6) is 0. The second kappa shape index (κ2) is 6.35. The first-order valence-corrected chi connectivity index (χ1v) is 8.02. The minimum atomic E-state index is -0.0204. The maximum Gasteiger partial charge on any atom is 0.309 e. The van der Waals surface area contributed by atoms with Gasteiger partial charge in [0.2, 0.25) is 0 Å². The lowest BCUT2D eigenvalue weighted by atomic mass is 9.97. The first kappa shape index (κ1) is 16.9. The molecule has 0 spiro atoms. The van der Waals surface area contributed by atoms with Crippen molar-refractivity contribution in [1.82, 2.24) is 9.55 Å². The molecule has 0 saturated carbocycles. The van der Waals surface area contributed by atoms with Crippen LogP contribution in [0.4, 0.5) is 0 Å². The number of hydrogen-bond acceptors (Lipinski definition) is 4. The van der Waals surface area contributed by atoms with Gasteiger partial charge in [-0.05, 0) is 17.5 Å². The highest BCUT2D eigenvalue weighted by molar-refractivity contribution is 7.16. The highest BCUT2D eigenvalue weighted by Gasteiger charge is 2.17. The smallest absolute Gasteiger partial charge is 0.297 e. The molecule has 0 unspecified atom stereocenters. The van der Waals surface area contributed by atoms with E-state index in [0.29, 0.717) is 28.2 Å². The number of nitriles is 1. The van der Waals surface area contributed by atoms with Gasteiger partial charge >= 0.3 is 4.87 Å². The van der Waals surface area contributed by atoms with Crippen molar-refractivity contribution in [2.75, 3.05) is 0 Å². The molecule has 2 heterocycles. The molecule has 0 amide bonds. The molecule has 2 aromatic rings. The molecule has 0 N–H and O–H groups in total. The van der Waals surface area contributed by atoms with Crippen LogP contribution in [0.2, 0.25) is 0 Å².